The molecule has 2 aliphatic rings. The smallest absolute Gasteiger partial charge is 0.227 e. The molecule has 0 radical (unpaired) electrons. The number of hydrogen-bond donors (Lipinski definition) is 1. The maximum absolute atomic E-state index is 12.5. The predicted octanol–water partition coefficient (Wildman–Crippen LogP) is 2.97. The van der Waals surface area contributed by atoms with Crippen molar-refractivity contribution in [3.8, 4) is 0 Å². The van der Waals surface area contributed by atoms with E-state index in [0.717, 1.165) is 0 Å². The average molecular weight is 223 g/mol. The van der Waals surface area contributed by atoms with Gasteiger partial charge < -0.3 is 5.32 Å². The molecule has 1 N–H and O–H groups in total. The summed E-state index contributed by atoms with van der Waals surface area (Å²) in [6, 6.07) is 0.453. The van der Waals surface area contributed by atoms with Gasteiger partial charge in [-0.25, -0.2) is 0 Å². The predicted molar refractivity (Wildman–Crippen MR) is 66.0 cm³/mol. The fourth-order valence-electron chi connectivity index (χ4n) is 4.59. The standard InChI is InChI=1S/C14H25NO/c1-9(2)14(13(3,4)5)10-7-6-8-11(10)15-12(14)16/h9-11H,6-8H2,1-5H3,(H,15,16). The monoisotopic (exact) mass is 223 g/mol. The highest BCUT2D eigenvalue weighted by Crippen LogP contribution is 2.58. The van der Waals surface area contributed by atoms with Crippen molar-refractivity contribution in [1.29, 1.82) is 0 Å². The van der Waals surface area contributed by atoms with Crippen molar-refractivity contribution < 1.29 is 4.79 Å². The van der Waals surface area contributed by atoms with Gasteiger partial charge in [0, 0.05) is 6.04 Å². The normalized spacial score (nSPS) is 39.0. The molecule has 1 saturated carbocycles. The number of fused-ring (bicyclic) bond motifs is 1. The van der Waals surface area contributed by atoms with Gasteiger partial charge in [0.25, 0.3) is 0 Å². The Morgan fingerprint density at radius 2 is 1.94 bits per heavy atom. The SMILES string of the molecule is CC(C)C1(C(C)(C)C)C(=O)NC2CCCC21. The van der Waals surface area contributed by atoms with E-state index in [1.807, 2.05) is 0 Å². The summed E-state index contributed by atoms with van der Waals surface area (Å²) in [7, 11) is 0. The Kier molecular flexibility index (Phi) is 2.60. The van der Waals surface area contributed by atoms with E-state index in [1.54, 1.807) is 0 Å². The van der Waals surface area contributed by atoms with E-state index in [2.05, 4.69) is 39.9 Å². The molecule has 1 amide bonds. The van der Waals surface area contributed by atoms with Crippen molar-refractivity contribution in [3.05, 3.63) is 0 Å². The van der Waals surface area contributed by atoms with Gasteiger partial charge in [-0.05, 0) is 30.1 Å². The minimum Gasteiger partial charge on any atom is -0.353 e. The number of amides is 1. The molecule has 0 spiro atoms. The molecule has 0 bridgehead atoms. The minimum absolute atomic E-state index is 0.0506. The van der Waals surface area contributed by atoms with Crippen molar-refractivity contribution in [2.75, 3.05) is 0 Å². The highest BCUT2D eigenvalue weighted by Gasteiger charge is 2.62. The zero-order chi connectivity index (χ0) is 12.1. The van der Waals surface area contributed by atoms with Gasteiger partial charge >= 0.3 is 0 Å². The fourth-order valence-corrected chi connectivity index (χ4v) is 4.59. The van der Waals surface area contributed by atoms with Crippen LogP contribution < -0.4 is 5.32 Å². The molecule has 2 nitrogen and oxygen atoms in total. The lowest BCUT2D eigenvalue weighted by Gasteiger charge is -2.46. The minimum atomic E-state index is -0.159. The summed E-state index contributed by atoms with van der Waals surface area (Å²) in [6.07, 6.45) is 3.68. The maximum Gasteiger partial charge on any atom is 0.227 e. The van der Waals surface area contributed by atoms with Crippen LogP contribution in [-0.4, -0.2) is 11.9 Å². The molecule has 16 heavy (non-hydrogen) atoms. The summed E-state index contributed by atoms with van der Waals surface area (Å²) in [5, 5.41) is 3.26. The molecule has 1 saturated heterocycles. The van der Waals surface area contributed by atoms with Gasteiger partial charge in [0.2, 0.25) is 5.91 Å². The van der Waals surface area contributed by atoms with Crippen LogP contribution in [0.4, 0.5) is 0 Å². The van der Waals surface area contributed by atoms with Crippen LogP contribution in [0.15, 0.2) is 0 Å². The number of carbonyl (C=O) groups excluding carboxylic acids is 1. The highest BCUT2D eigenvalue weighted by atomic mass is 16.2. The van der Waals surface area contributed by atoms with E-state index >= 15 is 0 Å². The second-order valence-corrected chi connectivity index (χ2v) is 6.89. The first-order valence-electron chi connectivity index (χ1n) is 6.62. The van der Waals surface area contributed by atoms with Crippen LogP contribution >= 0.6 is 0 Å². The van der Waals surface area contributed by atoms with E-state index in [9.17, 15) is 4.79 Å². The Hall–Kier alpha value is -0.530. The van der Waals surface area contributed by atoms with Crippen LogP contribution in [-0.2, 0) is 4.79 Å². The van der Waals surface area contributed by atoms with Gasteiger partial charge in [0.05, 0.1) is 5.41 Å². The Morgan fingerprint density at radius 1 is 1.31 bits per heavy atom. The van der Waals surface area contributed by atoms with Crippen LogP contribution in [0, 0.1) is 22.7 Å². The maximum atomic E-state index is 12.5. The second-order valence-electron chi connectivity index (χ2n) is 6.89. The molecule has 0 aromatic heterocycles. The first-order chi connectivity index (χ1) is 7.31. The average Bonchev–Trinajstić information content (AvgIpc) is 2.58. The summed E-state index contributed by atoms with van der Waals surface area (Å²) >= 11 is 0. The van der Waals surface area contributed by atoms with Crippen molar-refractivity contribution in [3.63, 3.8) is 0 Å². The quantitative estimate of drug-likeness (QED) is 0.727. The van der Waals surface area contributed by atoms with Crippen LogP contribution in [0.3, 0.4) is 0 Å². The van der Waals surface area contributed by atoms with Crippen LogP contribution in [0.1, 0.15) is 53.9 Å². The highest BCUT2D eigenvalue weighted by molar-refractivity contribution is 5.87. The summed E-state index contributed by atoms with van der Waals surface area (Å²) in [5.41, 5.74) is -0.108. The van der Waals surface area contributed by atoms with Gasteiger partial charge in [-0.1, -0.05) is 41.0 Å². The van der Waals surface area contributed by atoms with E-state index in [4.69, 9.17) is 0 Å². The molecule has 2 heteroatoms. The molecular weight excluding hydrogens is 198 g/mol. The fraction of sp³-hybridized carbons (Fsp3) is 0.929. The lowest BCUT2D eigenvalue weighted by atomic mass is 9.54. The molecule has 1 heterocycles. The number of hydrogen-bond acceptors (Lipinski definition) is 1. The molecule has 92 valence electrons. The summed E-state index contributed by atoms with van der Waals surface area (Å²) in [5.74, 6) is 1.28. The molecular formula is C14H25NO. The number of nitrogens with one attached hydrogen (secondary N) is 1. The largest absolute Gasteiger partial charge is 0.353 e. The van der Waals surface area contributed by atoms with Crippen LogP contribution in [0.2, 0.25) is 0 Å². The molecule has 1 aliphatic heterocycles. The molecule has 3 atom stereocenters. The number of rotatable bonds is 1. The Balaban J connectivity index is 2.49. The topological polar surface area (TPSA) is 29.1 Å². The first-order valence-corrected chi connectivity index (χ1v) is 6.62. The zero-order valence-electron chi connectivity index (χ0n) is 11.3. The molecule has 3 unspecified atom stereocenters. The Labute approximate surface area is 99.2 Å². The Bertz CT molecular complexity index is 302. The lowest BCUT2D eigenvalue weighted by molar-refractivity contribution is -0.140. The van der Waals surface area contributed by atoms with Gasteiger partial charge in [0.1, 0.15) is 0 Å². The van der Waals surface area contributed by atoms with E-state index in [1.165, 1.54) is 19.3 Å². The second kappa shape index (κ2) is 3.48. The first kappa shape index (κ1) is 11.9. The van der Waals surface area contributed by atoms with Crippen LogP contribution in [0.25, 0.3) is 0 Å². The molecule has 0 aromatic rings. The van der Waals surface area contributed by atoms with Crippen molar-refractivity contribution in [1.82, 2.24) is 5.32 Å². The summed E-state index contributed by atoms with van der Waals surface area (Å²) in [6.45, 7) is 11.1. The molecule has 0 aromatic carbocycles. The van der Waals surface area contributed by atoms with Gasteiger partial charge in [0.15, 0.2) is 0 Å². The lowest BCUT2D eigenvalue weighted by Crippen LogP contribution is -2.50. The summed E-state index contributed by atoms with van der Waals surface area (Å²) < 4.78 is 0. The van der Waals surface area contributed by atoms with E-state index in [-0.39, 0.29) is 10.8 Å². The van der Waals surface area contributed by atoms with Crippen molar-refractivity contribution in [2.24, 2.45) is 22.7 Å². The van der Waals surface area contributed by atoms with E-state index in [0.29, 0.717) is 23.8 Å². The van der Waals surface area contributed by atoms with Crippen LogP contribution in [0.5, 0.6) is 0 Å². The van der Waals surface area contributed by atoms with Gasteiger partial charge in [-0.15, -0.1) is 0 Å². The molecule has 1 aliphatic carbocycles. The van der Waals surface area contributed by atoms with Gasteiger partial charge in [-0.2, -0.15) is 0 Å². The third kappa shape index (κ3) is 1.28. The van der Waals surface area contributed by atoms with Gasteiger partial charge in [-0.3, -0.25) is 4.79 Å². The Morgan fingerprint density at radius 3 is 2.44 bits per heavy atom. The zero-order valence-corrected chi connectivity index (χ0v) is 11.3. The molecule has 2 fully saturated rings. The number of carbonyl (C=O) groups is 1. The summed E-state index contributed by atoms with van der Waals surface area (Å²) in [4.78, 5) is 12.5. The molecule has 2 rings (SSSR count). The third-order valence-corrected chi connectivity index (χ3v) is 4.94. The third-order valence-electron chi connectivity index (χ3n) is 4.94. The van der Waals surface area contributed by atoms with E-state index < -0.39 is 0 Å². The van der Waals surface area contributed by atoms with Crippen molar-refractivity contribution in [2.45, 2.75) is 59.9 Å². The van der Waals surface area contributed by atoms with Crippen molar-refractivity contribution >= 4 is 5.91 Å².